The van der Waals surface area contributed by atoms with Gasteiger partial charge < -0.3 is 15.5 Å². The largest absolute Gasteiger partial charge is 0.496 e. The van der Waals surface area contributed by atoms with Gasteiger partial charge in [0.1, 0.15) is 10.4 Å². The van der Waals surface area contributed by atoms with Crippen molar-refractivity contribution in [1.29, 1.82) is 0 Å². The van der Waals surface area contributed by atoms with Crippen LogP contribution in [0.3, 0.4) is 0 Å². The van der Waals surface area contributed by atoms with Gasteiger partial charge in [-0.25, -0.2) is 0 Å². The Bertz CT molecular complexity index is 1130. The van der Waals surface area contributed by atoms with Crippen LogP contribution in [0, 0.1) is 0 Å². The van der Waals surface area contributed by atoms with E-state index in [1.807, 2.05) is 23.6 Å². The molecule has 0 bridgehead atoms. The van der Waals surface area contributed by atoms with Crippen molar-refractivity contribution in [3.05, 3.63) is 63.8 Å². The van der Waals surface area contributed by atoms with Gasteiger partial charge in [-0.15, -0.1) is 23.7 Å². The van der Waals surface area contributed by atoms with Gasteiger partial charge in [-0.05, 0) is 54.1 Å². The van der Waals surface area contributed by atoms with E-state index in [-0.39, 0.29) is 18.0 Å². The average molecular weight is 401 g/mol. The third kappa shape index (κ3) is 3.46. The molecule has 4 rings (SSSR count). The van der Waals surface area contributed by atoms with Crippen molar-refractivity contribution in [2.24, 2.45) is 5.73 Å². The number of halogens is 1. The summed E-state index contributed by atoms with van der Waals surface area (Å²) in [4.78, 5) is 15.3. The highest BCUT2D eigenvalue weighted by Crippen LogP contribution is 2.40. The molecule has 140 valence electrons. The fraction of sp³-hybridized carbons (Fsp3) is 0.190. The molecule has 3 N–H and O–H groups in total. The number of aromatic nitrogens is 1. The monoisotopic (exact) mass is 400 g/mol. The molecule has 0 saturated heterocycles. The maximum atomic E-state index is 12.3. The Morgan fingerprint density at radius 1 is 1.11 bits per heavy atom. The van der Waals surface area contributed by atoms with Gasteiger partial charge in [0.25, 0.3) is 5.56 Å². The van der Waals surface area contributed by atoms with Crippen molar-refractivity contribution in [2.45, 2.75) is 12.8 Å². The molecule has 0 aliphatic heterocycles. The summed E-state index contributed by atoms with van der Waals surface area (Å²) >= 11 is 1.46. The number of rotatable bonds is 5. The molecule has 0 atom stereocenters. The maximum absolute atomic E-state index is 12.3. The minimum absolute atomic E-state index is 0. The summed E-state index contributed by atoms with van der Waals surface area (Å²) in [5.41, 5.74) is 9.74. The Labute approximate surface area is 167 Å². The first-order valence-electron chi connectivity index (χ1n) is 8.62. The van der Waals surface area contributed by atoms with E-state index < -0.39 is 0 Å². The Morgan fingerprint density at radius 3 is 2.59 bits per heavy atom. The van der Waals surface area contributed by atoms with Crippen LogP contribution < -0.4 is 16.0 Å². The molecule has 0 fully saturated rings. The van der Waals surface area contributed by atoms with E-state index in [9.17, 15) is 4.79 Å². The van der Waals surface area contributed by atoms with E-state index in [1.54, 1.807) is 7.11 Å². The van der Waals surface area contributed by atoms with Crippen molar-refractivity contribution in [3.8, 4) is 16.9 Å². The van der Waals surface area contributed by atoms with Crippen LogP contribution in [0.1, 0.15) is 12.0 Å². The summed E-state index contributed by atoms with van der Waals surface area (Å²) < 4.78 is 6.40. The third-order valence-corrected chi connectivity index (χ3v) is 5.60. The molecule has 2 aromatic carbocycles. The fourth-order valence-electron chi connectivity index (χ4n) is 3.43. The topological polar surface area (TPSA) is 68.1 Å². The minimum atomic E-state index is -0.0456. The number of hydrogen-bond acceptors (Lipinski definition) is 4. The Hall–Kier alpha value is -2.34. The summed E-state index contributed by atoms with van der Waals surface area (Å²) in [5.74, 6) is 0.798. The molecule has 27 heavy (non-hydrogen) atoms. The second kappa shape index (κ2) is 8.13. The highest BCUT2D eigenvalue weighted by atomic mass is 35.5. The van der Waals surface area contributed by atoms with Crippen LogP contribution in [-0.4, -0.2) is 18.6 Å². The quantitative estimate of drug-likeness (QED) is 0.508. The standard InChI is InChI=1S/C21H20N2O2S.ClH/c1-25-17-9-8-16-19(15-10-12-26-20(15)21(24)23-16)18(17)14-6-4-13(5-7-14)3-2-11-22;/h4-10,12H,2-3,11,22H2,1H3,(H,23,24);1H. The molecular weight excluding hydrogens is 380 g/mol. The van der Waals surface area contributed by atoms with Gasteiger partial charge in [0.2, 0.25) is 0 Å². The van der Waals surface area contributed by atoms with E-state index in [1.165, 1.54) is 16.9 Å². The summed E-state index contributed by atoms with van der Waals surface area (Å²) in [5, 5.41) is 3.95. The summed E-state index contributed by atoms with van der Waals surface area (Å²) in [7, 11) is 1.68. The van der Waals surface area contributed by atoms with Crippen molar-refractivity contribution < 1.29 is 4.74 Å². The zero-order valence-corrected chi connectivity index (χ0v) is 16.6. The number of pyridine rings is 1. The van der Waals surface area contributed by atoms with Gasteiger partial charge in [-0.3, -0.25) is 4.79 Å². The average Bonchev–Trinajstić information content (AvgIpc) is 3.17. The fourth-order valence-corrected chi connectivity index (χ4v) is 4.22. The number of fused-ring (bicyclic) bond motifs is 3. The van der Waals surface area contributed by atoms with E-state index in [2.05, 4.69) is 29.2 Å². The molecule has 4 nitrogen and oxygen atoms in total. The number of hydrogen-bond donors (Lipinski definition) is 2. The Balaban J connectivity index is 0.00000210. The molecule has 0 radical (unpaired) electrons. The second-order valence-electron chi connectivity index (χ2n) is 6.27. The molecule has 2 aromatic heterocycles. The second-order valence-corrected chi connectivity index (χ2v) is 7.19. The van der Waals surface area contributed by atoms with Gasteiger partial charge in [-0.2, -0.15) is 0 Å². The van der Waals surface area contributed by atoms with Gasteiger partial charge >= 0.3 is 0 Å². The highest BCUT2D eigenvalue weighted by Gasteiger charge is 2.16. The molecular formula is C21H21ClN2O2S. The van der Waals surface area contributed by atoms with Crippen LogP contribution in [0.4, 0.5) is 0 Å². The molecule has 4 aromatic rings. The van der Waals surface area contributed by atoms with Crippen LogP contribution in [0.5, 0.6) is 5.75 Å². The predicted molar refractivity (Wildman–Crippen MR) is 117 cm³/mol. The predicted octanol–water partition coefficient (Wildman–Crippen LogP) is 4.73. The normalized spacial score (nSPS) is 10.9. The highest BCUT2D eigenvalue weighted by molar-refractivity contribution is 7.17. The van der Waals surface area contributed by atoms with Crippen molar-refractivity contribution in [2.75, 3.05) is 13.7 Å². The lowest BCUT2D eigenvalue weighted by molar-refractivity contribution is 0.417. The first-order valence-corrected chi connectivity index (χ1v) is 9.50. The van der Waals surface area contributed by atoms with Crippen molar-refractivity contribution in [1.82, 2.24) is 4.98 Å². The molecule has 0 aliphatic rings. The Kier molecular flexibility index (Phi) is 5.85. The third-order valence-electron chi connectivity index (χ3n) is 4.69. The van der Waals surface area contributed by atoms with Crippen LogP contribution in [0.15, 0.2) is 52.6 Å². The number of H-pyrrole nitrogens is 1. The van der Waals surface area contributed by atoms with Crippen molar-refractivity contribution in [3.63, 3.8) is 0 Å². The van der Waals surface area contributed by atoms with Crippen LogP contribution in [0.25, 0.3) is 32.1 Å². The summed E-state index contributed by atoms with van der Waals surface area (Å²) in [6, 6.07) is 14.3. The lowest BCUT2D eigenvalue weighted by atomic mass is 9.96. The van der Waals surface area contributed by atoms with Gasteiger partial charge in [0.05, 0.1) is 7.11 Å². The number of aromatic amines is 1. The maximum Gasteiger partial charge on any atom is 0.266 e. The molecule has 0 amide bonds. The van der Waals surface area contributed by atoms with E-state index >= 15 is 0 Å². The number of nitrogens with two attached hydrogens (primary N) is 1. The molecule has 0 spiro atoms. The van der Waals surface area contributed by atoms with Gasteiger partial charge in [0.15, 0.2) is 0 Å². The van der Waals surface area contributed by atoms with Gasteiger partial charge in [0, 0.05) is 21.9 Å². The zero-order chi connectivity index (χ0) is 18.1. The molecule has 2 heterocycles. The molecule has 0 unspecified atom stereocenters. The smallest absolute Gasteiger partial charge is 0.266 e. The Morgan fingerprint density at radius 2 is 1.89 bits per heavy atom. The van der Waals surface area contributed by atoms with Gasteiger partial charge in [-0.1, -0.05) is 24.3 Å². The number of thiophene rings is 1. The first-order chi connectivity index (χ1) is 12.7. The number of methoxy groups -OCH3 is 1. The van der Waals surface area contributed by atoms with Crippen LogP contribution >= 0.6 is 23.7 Å². The van der Waals surface area contributed by atoms with E-state index in [0.717, 1.165) is 50.7 Å². The number of benzene rings is 2. The van der Waals surface area contributed by atoms with Crippen LogP contribution in [0.2, 0.25) is 0 Å². The van der Waals surface area contributed by atoms with Crippen molar-refractivity contribution >= 4 is 44.7 Å². The summed E-state index contributed by atoms with van der Waals surface area (Å²) in [6.07, 6.45) is 1.96. The van der Waals surface area contributed by atoms with E-state index in [0.29, 0.717) is 6.54 Å². The first kappa shape index (κ1) is 19.4. The summed E-state index contributed by atoms with van der Waals surface area (Å²) in [6.45, 7) is 0.697. The molecule has 0 aliphatic carbocycles. The zero-order valence-electron chi connectivity index (χ0n) is 15.0. The number of nitrogens with one attached hydrogen (secondary N) is 1. The number of ether oxygens (including phenoxy) is 1. The molecule has 6 heteroatoms. The lowest BCUT2D eigenvalue weighted by Crippen LogP contribution is -2.05. The lowest BCUT2D eigenvalue weighted by Gasteiger charge is -2.14. The minimum Gasteiger partial charge on any atom is -0.496 e. The number of aryl methyl sites for hydroxylation is 1. The SMILES string of the molecule is COc1ccc2[nH]c(=O)c3sccc3c2c1-c1ccc(CCCN)cc1.Cl. The van der Waals surface area contributed by atoms with Crippen LogP contribution in [-0.2, 0) is 6.42 Å². The molecule has 0 saturated carbocycles. The van der Waals surface area contributed by atoms with E-state index in [4.69, 9.17) is 10.5 Å².